The Morgan fingerprint density at radius 3 is 2.28 bits per heavy atom. The van der Waals surface area contributed by atoms with Gasteiger partial charge < -0.3 is 9.80 Å². The van der Waals surface area contributed by atoms with E-state index in [4.69, 9.17) is 0 Å². The monoisotopic (exact) mass is 386 g/mol. The van der Waals surface area contributed by atoms with Crippen molar-refractivity contribution in [3.05, 3.63) is 78.6 Å². The summed E-state index contributed by atoms with van der Waals surface area (Å²) >= 11 is 0. The van der Waals surface area contributed by atoms with Crippen LogP contribution in [0.5, 0.6) is 0 Å². The Kier molecular flexibility index (Phi) is 6.15. The van der Waals surface area contributed by atoms with Gasteiger partial charge in [0.25, 0.3) is 0 Å². The fraction of sp³-hybridized carbons (Fsp3) is 0.292. The second kappa shape index (κ2) is 9.32. The molecule has 3 aromatic rings. The number of hydrogen-bond acceptors (Lipinski definition) is 4. The fourth-order valence-electron chi connectivity index (χ4n) is 3.72. The molecule has 2 heterocycles. The van der Waals surface area contributed by atoms with Crippen molar-refractivity contribution < 1.29 is 4.79 Å². The van der Waals surface area contributed by atoms with Crippen LogP contribution in [0.4, 0.5) is 5.82 Å². The van der Waals surface area contributed by atoms with E-state index in [0.29, 0.717) is 6.42 Å². The molecule has 1 saturated heterocycles. The zero-order chi connectivity index (χ0) is 19.9. The lowest BCUT2D eigenvalue weighted by atomic mass is 10.1. The first-order valence-corrected chi connectivity index (χ1v) is 10.2. The number of carbonyl (C=O) groups excluding carboxylic acids is 1. The third-order valence-corrected chi connectivity index (χ3v) is 5.38. The molecular formula is C24H26N4O. The molecule has 0 spiro atoms. The van der Waals surface area contributed by atoms with Crippen LogP contribution in [-0.4, -0.2) is 47.0 Å². The normalized spacial score (nSPS) is 14.1. The van der Waals surface area contributed by atoms with Gasteiger partial charge in [-0.1, -0.05) is 60.7 Å². The van der Waals surface area contributed by atoms with Gasteiger partial charge in [0.05, 0.1) is 5.69 Å². The summed E-state index contributed by atoms with van der Waals surface area (Å²) in [6, 6.07) is 22.5. The summed E-state index contributed by atoms with van der Waals surface area (Å²) in [5, 5.41) is 0. The Bertz CT molecular complexity index is 922. The summed E-state index contributed by atoms with van der Waals surface area (Å²) in [6.45, 7) is 3.09. The van der Waals surface area contributed by atoms with Crippen LogP contribution in [0, 0.1) is 0 Å². The molecule has 0 aliphatic carbocycles. The lowest BCUT2D eigenvalue weighted by molar-refractivity contribution is -0.131. The van der Waals surface area contributed by atoms with Gasteiger partial charge in [-0.2, -0.15) is 0 Å². The van der Waals surface area contributed by atoms with Gasteiger partial charge in [0.1, 0.15) is 12.1 Å². The summed E-state index contributed by atoms with van der Waals surface area (Å²) < 4.78 is 0. The summed E-state index contributed by atoms with van der Waals surface area (Å²) in [4.78, 5) is 25.6. The second-order valence-corrected chi connectivity index (χ2v) is 7.33. The molecular weight excluding hydrogens is 360 g/mol. The van der Waals surface area contributed by atoms with E-state index in [1.807, 2.05) is 47.4 Å². The number of benzene rings is 2. The first-order valence-electron chi connectivity index (χ1n) is 10.2. The van der Waals surface area contributed by atoms with Crippen molar-refractivity contribution in [2.75, 3.05) is 31.1 Å². The van der Waals surface area contributed by atoms with Gasteiger partial charge in [0.2, 0.25) is 5.91 Å². The molecule has 148 valence electrons. The Morgan fingerprint density at radius 1 is 0.862 bits per heavy atom. The molecule has 0 unspecified atom stereocenters. The van der Waals surface area contributed by atoms with Gasteiger partial charge >= 0.3 is 0 Å². The SMILES string of the molecule is O=C(CCCc1ccccc1)N1CCN(c2cc(-c3ccccc3)ncn2)CC1. The topological polar surface area (TPSA) is 49.3 Å². The standard InChI is InChI=1S/C24H26N4O/c29-24(13-7-10-20-8-3-1-4-9-20)28-16-14-27(15-17-28)23-18-22(25-19-26-23)21-11-5-2-6-12-21/h1-6,8-9,11-12,18-19H,7,10,13-17H2. The van der Waals surface area contributed by atoms with Crippen LogP contribution in [-0.2, 0) is 11.2 Å². The highest BCUT2D eigenvalue weighted by Gasteiger charge is 2.22. The molecule has 1 fully saturated rings. The van der Waals surface area contributed by atoms with E-state index < -0.39 is 0 Å². The number of rotatable bonds is 6. The van der Waals surface area contributed by atoms with Gasteiger partial charge in [0, 0.05) is 44.2 Å². The van der Waals surface area contributed by atoms with Gasteiger partial charge in [-0.05, 0) is 18.4 Å². The third-order valence-electron chi connectivity index (χ3n) is 5.38. The van der Waals surface area contributed by atoms with Gasteiger partial charge in [-0.3, -0.25) is 4.79 Å². The molecule has 1 aliphatic rings. The molecule has 29 heavy (non-hydrogen) atoms. The van der Waals surface area contributed by atoms with Crippen molar-refractivity contribution in [2.24, 2.45) is 0 Å². The van der Waals surface area contributed by atoms with Crippen LogP contribution in [0.25, 0.3) is 11.3 Å². The third kappa shape index (κ3) is 4.99. The average Bonchev–Trinajstić information content (AvgIpc) is 2.80. The summed E-state index contributed by atoms with van der Waals surface area (Å²) in [5.41, 5.74) is 3.31. The number of nitrogens with zero attached hydrogens (tertiary/aromatic N) is 4. The predicted molar refractivity (Wildman–Crippen MR) is 116 cm³/mol. The molecule has 0 radical (unpaired) electrons. The quantitative estimate of drug-likeness (QED) is 0.646. The van der Waals surface area contributed by atoms with E-state index in [0.717, 1.165) is 56.1 Å². The van der Waals surface area contributed by atoms with E-state index in [2.05, 4.69) is 39.1 Å². The maximum Gasteiger partial charge on any atom is 0.222 e. The van der Waals surface area contributed by atoms with E-state index in [1.54, 1.807) is 6.33 Å². The van der Waals surface area contributed by atoms with E-state index in [9.17, 15) is 4.79 Å². The highest BCUT2D eigenvalue weighted by molar-refractivity contribution is 5.76. The van der Waals surface area contributed by atoms with Crippen LogP contribution >= 0.6 is 0 Å². The van der Waals surface area contributed by atoms with Crippen LogP contribution in [0.3, 0.4) is 0 Å². The second-order valence-electron chi connectivity index (χ2n) is 7.33. The Morgan fingerprint density at radius 2 is 1.55 bits per heavy atom. The van der Waals surface area contributed by atoms with Crippen LogP contribution < -0.4 is 4.90 Å². The zero-order valence-electron chi connectivity index (χ0n) is 16.6. The number of anilines is 1. The predicted octanol–water partition coefficient (Wildman–Crippen LogP) is 3.82. The minimum Gasteiger partial charge on any atom is -0.353 e. The van der Waals surface area contributed by atoms with Crippen molar-refractivity contribution in [3.8, 4) is 11.3 Å². The minimum absolute atomic E-state index is 0.258. The summed E-state index contributed by atoms with van der Waals surface area (Å²) in [6.07, 6.45) is 4.09. The molecule has 0 saturated carbocycles. The van der Waals surface area contributed by atoms with Crippen molar-refractivity contribution in [1.29, 1.82) is 0 Å². The van der Waals surface area contributed by atoms with Gasteiger partial charge in [-0.25, -0.2) is 9.97 Å². The number of aromatic nitrogens is 2. The lowest BCUT2D eigenvalue weighted by Gasteiger charge is -2.35. The molecule has 1 amide bonds. The highest BCUT2D eigenvalue weighted by atomic mass is 16.2. The molecule has 2 aromatic carbocycles. The smallest absolute Gasteiger partial charge is 0.222 e. The van der Waals surface area contributed by atoms with Crippen LogP contribution in [0.1, 0.15) is 18.4 Å². The average molecular weight is 386 g/mol. The summed E-state index contributed by atoms with van der Waals surface area (Å²) in [5.74, 6) is 1.18. The number of aryl methyl sites for hydroxylation is 1. The zero-order valence-corrected chi connectivity index (χ0v) is 16.6. The largest absolute Gasteiger partial charge is 0.353 e. The van der Waals surface area contributed by atoms with E-state index >= 15 is 0 Å². The number of carbonyl (C=O) groups is 1. The van der Waals surface area contributed by atoms with Gasteiger partial charge in [0.15, 0.2) is 0 Å². The maximum absolute atomic E-state index is 12.6. The first-order chi connectivity index (χ1) is 14.3. The minimum atomic E-state index is 0.258. The number of amides is 1. The Hall–Kier alpha value is -3.21. The highest BCUT2D eigenvalue weighted by Crippen LogP contribution is 2.21. The number of hydrogen-bond donors (Lipinski definition) is 0. The molecule has 5 heteroatoms. The van der Waals surface area contributed by atoms with Crippen molar-refractivity contribution in [2.45, 2.75) is 19.3 Å². The fourth-order valence-corrected chi connectivity index (χ4v) is 3.72. The maximum atomic E-state index is 12.6. The van der Waals surface area contributed by atoms with E-state index in [1.165, 1.54) is 5.56 Å². The molecule has 1 aromatic heterocycles. The molecule has 0 atom stereocenters. The number of piperazine rings is 1. The molecule has 4 rings (SSSR count). The van der Waals surface area contributed by atoms with Crippen LogP contribution in [0.2, 0.25) is 0 Å². The van der Waals surface area contributed by atoms with E-state index in [-0.39, 0.29) is 5.91 Å². The molecule has 0 N–H and O–H groups in total. The van der Waals surface area contributed by atoms with Gasteiger partial charge in [-0.15, -0.1) is 0 Å². The molecule has 0 bridgehead atoms. The molecule has 5 nitrogen and oxygen atoms in total. The Balaban J connectivity index is 1.28. The summed E-state index contributed by atoms with van der Waals surface area (Å²) in [7, 11) is 0. The Labute approximate surface area is 172 Å². The molecule has 1 aliphatic heterocycles. The van der Waals surface area contributed by atoms with Crippen LogP contribution in [0.15, 0.2) is 73.1 Å². The lowest BCUT2D eigenvalue weighted by Crippen LogP contribution is -2.49. The van der Waals surface area contributed by atoms with Crippen molar-refractivity contribution >= 4 is 11.7 Å². The van der Waals surface area contributed by atoms with Crippen molar-refractivity contribution in [1.82, 2.24) is 14.9 Å². The van der Waals surface area contributed by atoms with Crippen molar-refractivity contribution in [3.63, 3.8) is 0 Å². The first kappa shape index (κ1) is 19.1.